The van der Waals surface area contributed by atoms with Gasteiger partial charge < -0.3 is 19.7 Å². The highest BCUT2D eigenvalue weighted by Crippen LogP contribution is 2.40. The van der Waals surface area contributed by atoms with Gasteiger partial charge >= 0.3 is 6.09 Å². The number of hydrogen-bond acceptors (Lipinski definition) is 4. The lowest BCUT2D eigenvalue weighted by Gasteiger charge is -2.27. The summed E-state index contributed by atoms with van der Waals surface area (Å²) >= 11 is 0. The van der Waals surface area contributed by atoms with E-state index in [9.17, 15) is 4.79 Å². The van der Waals surface area contributed by atoms with Crippen LogP contribution in [0.4, 0.5) is 10.5 Å². The summed E-state index contributed by atoms with van der Waals surface area (Å²) in [6.45, 7) is 10.2. The highest BCUT2D eigenvalue weighted by molar-refractivity contribution is 5.70. The maximum Gasteiger partial charge on any atom is 0.407 e. The standard InChI is InChI=1S/C18H26N2O3/c1-12(19-17(21)23-18(2,3)4)11-20-9-7-13-5-6-15-14(16(13)20)8-10-22-15/h5-6,12H,7-11H2,1-4H3,(H,19,21)/t12-/m0/s1. The Labute approximate surface area is 137 Å². The van der Waals surface area contributed by atoms with E-state index in [4.69, 9.17) is 9.47 Å². The van der Waals surface area contributed by atoms with E-state index in [2.05, 4.69) is 22.3 Å². The van der Waals surface area contributed by atoms with Crippen LogP contribution in [0, 0.1) is 0 Å². The van der Waals surface area contributed by atoms with Crippen LogP contribution in [-0.4, -0.2) is 37.4 Å². The minimum atomic E-state index is -0.470. The molecule has 3 rings (SSSR count). The molecular weight excluding hydrogens is 292 g/mol. The largest absolute Gasteiger partial charge is 0.493 e. The number of carbonyl (C=O) groups is 1. The molecule has 2 aliphatic rings. The summed E-state index contributed by atoms with van der Waals surface area (Å²) in [6, 6.07) is 4.28. The number of anilines is 1. The molecular formula is C18H26N2O3. The van der Waals surface area contributed by atoms with E-state index in [1.165, 1.54) is 16.8 Å². The summed E-state index contributed by atoms with van der Waals surface area (Å²) in [5, 5.41) is 2.93. The third kappa shape index (κ3) is 3.54. The lowest BCUT2D eigenvalue weighted by atomic mass is 10.1. The average Bonchev–Trinajstić information content (AvgIpc) is 3.01. The number of carbonyl (C=O) groups excluding carboxylic acids is 1. The third-order valence-corrected chi connectivity index (χ3v) is 4.16. The van der Waals surface area contributed by atoms with Gasteiger partial charge in [0.25, 0.3) is 0 Å². The van der Waals surface area contributed by atoms with Crippen LogP contribution in [0.3, 0.4) is 0 Å². The Bertz CT molecular complexity index is 607. The van der Waals surface area contributed by atoms with Gasteiger partial charge in [0, 0.05) is 36.8 Å². The Morgan fingerprint density at radius 1 is 1.39 bits per heavy atom. The van der Waals surface area contributed by atoms with Crippen molar-refractivity contribution in [3.05, 3.63) is 23.3 Å². The first-order valence-corrected chi connectivity index (χ1v) is 8.35. The molecule has 0 spiro atoms. The lowest BCUT2D eigenvalue weighted by Crippen LogP contribution is -2.43. The highest BCUT2D eigenvalue weighted by atomic mass is 16.6. The number of hydrogen-bond donors (Lipinski definition) is 1. The summed E-state index contributed by atoms with van der Waals surface area (Å²) in [5.74, 6) is 1.02. The molecule has 126 valence electrons. The van der Waals surface area contributed by atoms with Crippen LogP contribution in [0.25, 0.3) is 0 Å². The van der Waals surface area contributed by atoms with Crippen LogP contribution in [-0.2, 0) is 17.6 Å². The Kier molecular flexibility index (Phi) is 4.13. The molecule has 2 aliphatic heterocycles. The van der Waals surface area contributed by atoms with E-state index in [0.717, 1.165) is 38.3 Å². The fourth-order valence-corrected chi connectivity index (χ4v) is 3.34. The normalized spacial score (nSPS) is 17.3. The molecule has 0 saturated heterocycles. The van der Waals surface area contributed by atoms with E-state index in [1.807, 2.05) is 27.7 Å². The van der Waals surface area contributed by atoms with Crippen molar-refractivity contribution in [2.75, 3.05) is 24.6 Å². The van der Waals surface area contributed by atoms with Gasteiger partial charge in [-0.25, -0.2) is 4.79 Å². The molecule has 0 radical (unpaired) electrons. The number of fused-ring (bicyclic) bond motifs is 3. The number of nitrogens with one attached hydrogen (secondary N) is 1. The molecule has 1 aromatic carbocycles. The zero-order valence-electron chi connectivity index (χ0n) is 14.4. The molecule has 0 saturated carbocycles. The number of benzene rings is 1. The van der Waals surface area contributed by atoms with Crippen molar-refractivity contribution in [1.29, 1.82) is 0 Å². The maximum absolute atomic E-state index is 11.9. The molecule has 1 N–H and O–H groups in total. The monoisotopic (exact) mass is 318 g/mol. The fraction of sp³-hybridized carbons (Fsp3) is 0.611. The number of alkyl carbamates (subject to hydrolysis) is 1. The topological polar surface area (TPSA) is 50.8 Å². The van der Waals surface area contributed by atoms with E-state index in [-0.39, 0.29) is 12.1 Å². The van der Waals surface area contributed by atoms with Crippen LogP contribution >= 0.6 is 0 Å². The van der Waals surface area contributed by atoms with Crippen molar-refractivity contribution in [3.63, 3.8) is 0 Å². The smallest absolute Gasteiger partial charge is 0.407 e. The number of amides is 1. The third-order valence-electron chi connectivity index (χ3n) is 4.16. The van der Waals surface area contributed by atoms with Gasteiger partial charge in [-0.05, 0) is 45.7 Å². The molecule has 5 heteroatoms. The van der Waals surface area contributed by atoms with Crippen LogP contribution in [0.1, 0.15) is 38.8 Å². The minimum absolute atomic E-state index is 0.0222. The summed E-state index contributed by atoms with van der Waals surface area (Å²) in [5.41, 5.74) is 3.56. The van der Waals surface area contributed by atoms with Gasteiger partial charge in [0.05, 0.1) is 6.61 Å². The number of ether oxygens (including phenoxy) is 2. The second kappa shape index (κ2) is 5.95. The summed E-state index contributed by atoms with van der Waals surface area (Å²) in [6.07, 6.45) is 1.68. The Morgan fingerprint density at radius 2 is 2.17 bits per heavy atom. The van der Waals surface area contributed by atoms with E-state index in [0.29, 0.717) is 0 Å². The molecule has 0 fully saturated rings. The van der Waals surface area contributed by atoms with E-state index >= 15 is 0 Å². The quantitative estimate of drug-likeness (QED) is 0.931. The minimum Gasteiger partial charge on any atom is -0.493 e. The van der Waals surface area contributed by atoms with E-state index < -0.39 is 5.60 Å². The van der Waals surface area contributed by atoms with Crippen molar-refractivity contribution in [2.24, 2.45) is 0 Å². The zero-order valence-corrected chi connectivity index (χ0v) is 14.4. The first-order valence-electron chi connectivity index (χ1n) is 8.35. The summed E-state index contributed by atoms with van der Waals surface area (Å²) < 4.78 is 11.0. The molecule has 0 unspecified atom stereocenters. The first-order chi connectivity index (χ1) is 10.8. The molecule has 1 atom stereocenters. The second-order valence-corrected chi connectivity index (χ2v) is 7.39. The van der Waals surface area contributed by atoms with Gasteiger partial charge in [-0.15, -0.1) is 0 Å². The van der Waals surface area contributed by atoms with Crippen LogP contribution < -0.4 is 15.0 Å². The molecule has 0 aromatic heterocycles. The lowest BCUT2D eigenvalue weighted by molar-refractivity contribution is 0.0510. The van der Waals surface area contributed by atoms with Crippen molar-refractivity contribution in [3.8, 4) is 5.75 Å². The van der Waals surface area contributed by atoms with Gasteiger partial charge in [-0.1, -0.05) is 6.07 Å². The summed E-state index contributed by atoms with van der Waals surface area (Å²) in [7, 11) is 0. The Balaban J connectivity index is 1.65. The molecule has 23 heavy (non-hydrogen) atoms. The average molecular weight is 318 g/mol. The molecule has 5 nitrogen and oxygen atoms in total. The zero-order chi connectivity index (χ0) is 16.6. The van der Waals surface area contributed by atoms with Crippen molar-refractivity contribution < 1.29 is 14.3 Å². The Morgan fingerprint density at radius 3 is 2.91 bits per heavy atom. The molecule has 2 heterocycles. The maximum atomic E-state index is 11.9. The SMILES string of the molecule is C[C@@H](CN1CCc2ccc3c(c21)CCO3)NC(=O)OC(C)(C)C. The summed E-state index contributed by atoms with van der Waals surface area (Å²) in [4.78, 5) is 14.3. The molecule has 1 aromatic rings. The van der Waals surface area contributed by atoms with Gasteiger partial charge in [0.1, 0.15) is 11.4 Å². The van der Waals surface area contributed by atoms with Crippen LogP contribution in [0.5, 0.6) is 5.75 Å². The second-order valence-electron chi connectivity index (χ2n) is 7.39. The highest BCUT2D eigenvalue weighted by Gasteiger charge is 2.28. The van der Waals surface area contributed by atoms with Gasteiger partial charge in [0.2, 0.25) is 0 Å². The molecule has 0 aliphatic carbocycles. The molecule has 1 amide bonds. The van der Waals surface area contributed by atoms with Gasteiger partial charge in [-0.3, -0.25) is 0 Å². The Hall–Kier alpha value is -1.91. The van der Waals surface area contributed by atoms with Gasteiger partial charge in [0.15, 0.2) is 0 Å². The van der Waals surface area contributed by atoms with Crippen LogP contribution in [0.15, 0.2) is 12.1 Å². The van der Waals surface area contributed by atoms with Crippen molar-refractivity contribution in [1.82, 2.24) is 5.32 Å². The van der Waals surface area contributed by atoms with E-state index in [1.54, 1.807) is 0 Å². The number of nitrogens with zero attached hydrogens (tertiary/aromatic N) is 1. The predicted octanol–water partition coefficient (Wildman–Crippen LogP) is 2.90. The first kappa shape index (κ1) is 16.0. The van der Waals surface area contributed by atoms with Crippen LogP contribution in [0.2, 0.25) is 0 Å². The van der Waals surface area contributed by atoms with Crippen molar-refractivity contribution >= 4 is 11.8 Å². The van der Waals surface area contributed by atoms with Gasteiger partial charge in [-0.2, -0.15) is 0 Å². The molecule has 0 bridgehead atoms. The fourth-order valence-electron chi connectivity index (χ4n) is 3.34. The number of rotatable bonds is 3. The van der Waals surface area contributed by atoms with Crippen molar-refractivity contribution in [2.45, 2.75) is 52.2 Å². The predicted molar refractivity (Wildman–Crippen MR) is 90.4 cm³/mol.